The lowest BCUT2D eigenvalue weighted by atomic mass is 10.3. The van der Waals surface area contributed by atoms with Crippen LogP contribution in [0.25, 0.3) is 10.2 Å². The predicted octanol–water partition coefficient (Wildman–Crippen LogP) is 1.22. The SMILES string of the molecule is CC[N+]1(CC(=O)O)C(=O)C(=O)N(Cc2nc3ccc(OC)cc3s2)C1=O. The van der Waals surface area contributed by atoms with E-state index in [1.807, 2.05) is 0 Å². The van der Waals surface area contributed by atoms with Gasteiger partial charge < -0.3 is 9.84 Å². The number of quaternary nitrogens is 1. The maximum absolute atomic E-state index is 12.7. The van der Waals surface area contributed by atoms with Gasteiger partial charge in [-0.15, -0.1) is 11.3 Å². The molecule has 1 aromatic carbocycles. The smallest absolute Gasteiger partial charge is 0.435 e. The number of hydrogen-bond donors (Lipinski definition) is 1. The molecule has 2 aromatic rings. The lowest BCUT2D eigenvalue weighted by Gasteiger charge is -2.23. The van der Waals surface area contributed by atoms with Crippen molar-refractivity contribution in [3.63, 3.8) is 0 Å². The molecule has 0 spiro atoms. The van der Waals surface area contributed by atoms with Crippen molar-refractivity contribution in [1.82, 2.24) is 9.88 Å². The maximum atomic E-state index is 12.7. The average Bonchev–Trinajstić information content (AvgIpc) is 3.09. The number of fused-ring (bicyclic) bond motifs is 1. The molecular weight excluding hydrogens is 362 g/mol. The summed E-state index contributed by atoms with van der Waals surface area (Å²) in [5, 5.41) is 9.51. The van der Waals surface area contributed by atoms with Crippen molar-refractivity contribution in [2.45, 2.75) is 13.5 Å². The van der Waals surface area contributed by atoms with E-state index in [-0.39, 0.29) is 13.1 Å². The highest BCUT2D eigenvalue weighted by Gasteiger charge is 2.61. The minimum atomic E-state index is -1.32. The zero-order chi connectivity index (χ0) is 19.1. The first-order chi connectivity index (χ1) is 12.3. The van der Waals surface area contributed by atoms with Gasteiger partial charge in [-0.05, 0) is 25.1 Å². The van der Waals surface area contributed by atoms with Crippen LogP contribution in [-0.2, 0) is 20.9 Å². The average molecular weight is 378 g/mol. The molecule has 1 aliphatic heterocycles. The van der Waals surface area contributed by atoms with Crippen LogP contribution in [0.5, 0.6) is 5.75 Å². The summed E-state index contributed by atoms with van der Waals surface area (Å²) >= 11 is 1.27. The molecular formula is C16H16N3O6S+. The van der Waals surface area contributed by atoms with Crippen LogP contribution >= 0.6 is 11.3 Å². The second-order valence-corrected chi connectivity index (χ2v) is 6.87. The number of methoxy groups -OCH3 is 1. The number of carbonyl (C=O) groups excluding carboxylic acids is 3. The van der Waals surface area contributed by atoms with E-state index < -0.39 is 34.8 Å². The van der Waals surface area contributed by atoms with Crippen LogP contribution in [0.2, 0.25) is 0 Å². The van der Waals surface area contributed by atoms with E-state index in [2.05, 4.69) is 4.98 Å². The lowest BCUT2D eigenvalue weighted by Crippen LogP contribution is -2.56. The third kappa shape index (κ3) is 2.72. The molecule has 3 rings (SSSR count). The second-order valence-electron chi connectivity index (χ2n) is 5.76. The number of hydrogen-bond acceptors (Lipinski definition) is 7. The van der Waals surface area contributed by atoms with Crippen LogP contribution in [-0.4, -0.2) is 63.5 Å². The Hall–Kier alpha value is -2.85. The van der Waals surface area contributed by atoms with Gasteiger partial charge in [-0.25, -0.2) is 24.3 Å². The Morgan fingerprint density at radius 3 is 2.69 bits per heavy atom. The first-order valence-corrected chi connectivity index (χ1v) is 8.57. The third-order valence-corrected chi connectivity index (χ3v) is 5.30. The third-order valence-electron chi connectivity index (χ3n) is 4.29. The monoisotopic (exact) mass is 378 g/mol. The number of likely N-dealkylation sites (N-methyl/N-ethyl adjacent to an activating group) is 1. The van der Waals surface area contributed by atoms with Gasteiger partial charge in [-0.1, -0.05) is 0 Å². The molecule has 0 radical (unpaired) electrons. The molecule has 136 valence electrons. The van der Waals surface area contributed by atoms with Gasteiger partial charge in [0.1, 0.15) is 10.8 Å². The molecule has 1 aromatic heterocycles. The van der Waals surface area contributed by atoms with E-state index in [0.29, 0.717) is 16.3 Å². The summed E-state index contributed by atoms with van der Waals surface area (Å²) in [5.74, 6) is -2.70. The molecule has 1 unspecified atom stereocenters. The van der Waals surface area contributed by atoms with Gasteiger partial charge in [0.15, 0.2) is 6.54 Å². The van der Waals surface area contributed by atoms with E-state index in [9.17, 15) is 19.2 Å². The maximum Gasteiger partial charge on any atom is 0.435 e. The summed E-state index contributed by atoms with van der Waals surface area (Å²) in [5.41, 5.74) is 0.679. The number of aromatic nitrogens is 1. The number of carbonyl (C=O) groups is 4. The van der Waals surface area contributed by atoms with Gasteiger partial charge in [-0.2, -0.15) is 4.48 Å². The first kappa shape index (κ1) is 18.0. The van der Waals surface area contributed by atoms with Crippen LogP contribution in [0, 0.1) is 0 Å². The number of amides is 4. The zero-order valence-electron chi connectivity index (χ0n) is 14.1. The fraction of sp³-hybridized carbons (Fsp3) is 0.312. The molecule has 1 saturated heterocycles. The van der Waals surface area contributed by atoms with E-state index >= 15 is 0 Å². The fourth-order valence-corrected chi connectivity index (χ4v) is 3.87. The molecule has 10 heteroatoms. The van der Waals surface area contributed by atoms with Crippen molar-refractivity contribution in [3.8, 4) is 5.75 Å². The summed E-state index contributed by atoms with van der Waals surface area (Å²) in [7, 11) is 1.54. The van der Waals surface area contributed by atoms with Gasteiger partial charge >= 0.3 is 23.8 Å². The molecule has 1 N–H and O–H groups in total. The summed E-state index contributed by atoms with van der Waals surface area (Å²) in [4.78, 5) is 53.5. The Balaban J connectivity index is 1.92. The molecule has 9 nitrogen and oxygen atoms in total. The first-order valence-electron chi connectivity index (χ1n) is 7.75. The van der Waals surface area contributed by atoms with Gasteiger partial charge in [0.25, 0.3) is 0 Å². The Labute approximate surface area is 152 Å². The van der Waals surface area contributed by atoms with E-state index in [1.165, 1.54) is 18.3 Å². The van der Waals surface area contributed by atoms with Gasteiger partial charge in [0, 0.05) is 0 Å². The Kier molecular flexibility index (Phi) is 4.46. The molecule has 26 heavy (non-hydrogen) atoms. The molecule has 2 heterocycles. The number of benzene rings is 1. The molecule has 1 fully saturated rings. The van der Waals surface area contributed by atoms with Crippen molar-refractivity contribution in [1.29, 1.82) is 0 Å². The van der Waals surface area contributed by atoms with Crippen LogP contribution < -0.4 is 4.74 Å². The minimum absolute atomic E-state index is 0.108. The Morgan fingerprint density at radius 1 is 1.35 bits per heavy atom. The van der Waals surface area contributed by atoms with Crippen LogP contribution in [0.3, 0.4) is 0 Å². The highest BCUT2D eigenvalue weighted by Crippen LogP contribution is 2.29. The Morgan fingerprint density at radius 2 is 2.08 bits per heavy atom. The number of carboxylic acid groups (broad SMARTS) is 1. The van der Waals surface area contributed by atoms with Gasteiger partial charge in [0.05, 0.1) is 30.4 Å². The summed E-state index contributed by atoms with van der Waals surface area (Å²) in [6.45, 7) is 0.459. The minimum Gasteiger partial charge on any atom is -0.497 e. The van der Waals surface area contributed by atoms with Crippen molar-refractivity contribution < 1.29 is 33.5 Å². The van der Waals surface area contributed by atoms with Crippen molar-refractivity contribution in [3.05, 3.63) is 23.2 Å². The Bertz CT molecular complexity index is 939. The molecule has 4 amide bonds. The number of aliphatic carboxylic acids is 1. The second kappa shape index (κ2) is 6.46. The van der Waals surface area contributed by atoms with Crippen LogP contribution in [0.1, 0.15) is 11.9 Å². The molecule has 1 aliphatic rings. The van der Waals surface area contributed by atoms with Crippen molar-refractivity contribution in [2.75, 3.05) is 20.2 Å². The normalized spacial score (nSPS) is 20.2. The van der Waals surface area contributed by atoms with Gasteiger partial charge in [0.2, 0.25) is 0 Å². The number of carboxylic acids is 1. The van der Waals surface area contributed by atoms with Crippen molar-refractivity contribution >= 4 is 45.4 Å². The summed E-state index contributed by atoms with van der Waals surface area (Å²) in [6, 6.07) is 4.45. The highest BCUT2D eigenvalue weighted by molar-refractivity contribution is 7.18. The largest absolute Gasteiger partial charge is 0.497 e. The fourth-order valence-electron chi connectivity index (χ4n) is 2.89. The number of imide groups is 2. The summed E-state index contributed by atoms with van der Waals surface area (Å²) in [6.07, 6.45) is 0. The lowest BCUT2D eigenvalue weighted by molar-refractivity contribution is -0.758. The quantitative estimate of drug-likeness (QED) is 0.457. The number of thiazole rings is 1. The number of nitrogens with zero attached hydrogens (tertiary/aromatic N) is 3. The predicted molar refractivity (Wildman–Crippen MR) is 90.4 cm³/mol. The van der Waals surface area contributed by atoms with E-state index in [0.717, 1.165) is 9.60 Å². The summed E-state index contributed by atoms with van der Waals surface area (Å²) < 4.78 is 4.93. The highest BCUT2D eigenvalue weighted by atomic mass is 32.1. The zero-order valence-corrected chi connectivity index (χ0v) is 14.9. The number of ether oxygens (including phenoxy) is 1. The van der Waals surface area contributed by atoms with Crippen LogP contribution in [0.15, 0.2) is 18.2 Å². The molecule has 1 atom stereocenters. The van der Waals surface area contributed by atoms with E-state index in [1.54, 1.807) is 25.3 Å². The molecule has 0 saturated carbocycles. The standard InChI is InChI=1S/C16H15N3O6S/c1-3-19(8-13(20)21)15(23)14(22)18(16(19)24)7-12-17-10-5-4-9(25-2)6-11(10)26-12/h4-6H,3,7-8H2,1-2H3/p+1. The van der Waals surface area contributed by atoms with Crippen molar-refractivity contribution in [2.24, 2.45) is 0 Å². The number of rotatable bonds is 6. The van der Waals surface area contributed by atoms with E-state index in [4.69, 9.17) is 9.84 Å². The van der Waals surface area contributed by atoms with Gasteiger partial charge in [-0.3, -0.25) is 4.79 Å². The van der Waals surface area contributed by atoms with Crippen LogP contribution in [0.4, 0.5) is 4.79 Å². The molecule has 0 bridgehead atoms. The number of urea groups is 1. The topological polar surface area (TPSA) is 114 Å². The molecule has 0 aliphatic carbocycles.